The molecule has 0 fully saturated rings. The Hall–Kier alpha value is -5.41. The Bertz CT molecular complexity index is 2110. The minimum Gasteiger partial charge on any atom is -0.208 e. The smallest absolute Gasteiger partial charge is 0.164 e. The zero-order valence-electron chi connectivity index (χ0n) is 24.4. The van der Waals surface area contributed by atoms with E-state index in [0.29, 0.717) is 23.4 Å². The lowest BCUT2D eigenvalue weighted by Crippen LogP contribution is -2.25. The van der Waals surface area contributed by atoms with Gasteiger partial charge in [-0.05, 0) is 62.9 Å². The summed E-state index contributed by atoms with van der Waals surface area (Å²) in [5.41, 5.74) is 13.0. The Morgan fingerprint density at radius 2 is 1.05 bits per heavy atom. The van der Waals surface area contributed by atoms with Gasteiger partial charge in [-0.15, -0.1) is 0 Å². The summed E-state index contributed by atoms with van der Waals surface area (Å²) in [6, 6.07) is 43.7. The summed E-state index contributed by atoms with van der Waals surface area (Å²) >= 11 is 0. The Balaban J connectivity index is 1.31. The molecule has 0 bridgehead atoms. The van der Waals surface area contributed by atoms with Crippen molar-refractivity contribution >= 4 is 5.57 Å². The summed E-state index contributed by atoms with van der Waals surface area (Å²) in [6.07, 6.45) is 7.67. The summed E-state index contributed by atoms with van der Waals surface area (Å²) < 4.78 is 0. The molecule has 0 saturated carbocycles. The quantitative estimate of drug-likeness (QED) is 0.215. The topological polar surface area (TPSA) is 38.7 Å². The number of fused-ring (bicyclic) bond motifs is 10. The molecule has 1 unspecified atom stereocenters. The van der Waals surface area contributed by atoms with E-state index in [1.54, 1.807) is 0 Å². The average molecular weight is 564 g/mol. The highest BCUT2D eigenvalue weighted by Gasteiger charge is 2.51. The summed E-state index contributed by atoms with van der Waals surface area (Å²) in [7, 11) is 0. The first kappa shape index (κ1) is 25.1. The minimum atomic E-state index is -0.405. The van der Waals surface area contributed by atoms with Crippen molar-refractivity contribution in [2.75, 3.05) is 0 Å². The van der Waals surface area contributed by atoms with E-state index in [1.165, 1.54) is 44.5 Å². The van der Waals surface area contributed by atoms with E-state index in [2.05, 4.69) is 128 Å². The zero-order chi connectivity index (χ0) is 29.3. The number of benzene rings is 5. The van der Waals surface area contributed by atoms with Crippen molar-refractivity contribution in [2.45, 2.75) is 18.8 Å². The highest BCUT2D eigenvalue weighted by molar-refractivity contribution is 5.95. The van der Waals surface area contributed by atoms with Crippen LogP contribution >= 0.6 is 0 Å². The molecule has 0 radical (unpaired) electrons. The lowest BCUT2D eigenvalue weighted by Gasteiger charge is -2.30. The molecule has 9 rings (SSSR count). The first-order valence-corrected chi connectivity index (χ1v) is 15.4. The monoisotopic (exact) mass is 563 g/mol. The molecule has 1 spiro atoms. The van der Waals surface area contributed by atoms with Crippen LogP contribution in [0.2, 0.25) is 0 Å². The average Bonchev–Trinajstić information content (AvgIpc) is 3.56. The van der Waals surface area contributed by atoms with E-state index in [-0.39, 0.29) is 0 Å². The third-order valence-corrected chi connectivity index (χ3v) is 9.45. The molecule has 3 heteroatoms. The Kier molecular flexibility index (Phi) is 5.45. The van der Waals surface area contributed by atoms with Crippen LogP contribution in [0.1, 0.15) is 41.4 Å². The maximum atomic E-state index is 5.12. The molecule has 0 N–H and O–H groups in total. The van der Waals surface area contributed by atoms with Gasteiger partial charge in [-0.25, -0.2) is 15.0 Å². The van der Waals surface area contributed by atoms with Crippen molar-refractivity contribution in [1.29, 1.82) is 0 Å². The van der Waals surface area contributed by atoms with E-state index in [1.807, 2.05) is 18.2 Å². The Labute approximate surface area is 257 Å². The van der Waals surface area contributed by atoms with Gasteiger partial charge in [0.15, 0.2) is 17.5 Å². The zero-order valence-corrected chi connectivity index (χ0v) is 24.4. The fourth-order valence-electron chi connectivity index (χ4n) is 7.57. The van der Waals surface area contributed by atoms with Crippen LogP contribution in [0.3, 0.4) is 0 Å². The second-order valence-electron chi connectivity index (χ2n) is 12.1. The van der Waals surface area contributed by atoms with E-state index >= 15 is 0 Å². The summed E-state index contributed by atoms with van der Waals surface area (Å²) in [6.45, 7) is 2.23. The molecule has 1 heterocycles. The lowest BCUT2D eigenvalue weighted by atomic mass is 9.70. The van der Waals surface area contributed by atoms with Crippen molar-refractivity contribution in [3.05, 3.63) is 168 Å². The number of hydrogen-bond acceptors (Lipinski definition) is 3. The molecule has 3 nitrogen and oxygen atoms in total. The summed E-state index contributed by atoms with van der Waals surface area (Å²) in [4.78, 5) is 15.2. The molecular formula is C41H29N3. The van der Waals surface area contributed by atoms with Gasteiger partial charge in [-0.1, -0.05) is 140 Å². The van der Waals surface area contributed by atoms with Gasteiger partial charge >= 0.3 is 0 Å². The fraction of sp³-hybridized carbons (Fsp3) is 0.0976. The molecule has 3 aliphatic rings. The van der Waals surface area contributed by atoms with Crippen LogP contribution in [-0.2, 0) is 5.41 Å². The minimum absolute atomic E-state index is 0.405. The van der Waals surface area contributed by atoms with E-state index in [0.717, 1.165) is 23.1 Å². The van der Waals surface area contributed by atoms with Crippen LogP contribution in [0.4, 0.5) is 0 Å². The third kappa shape index (κ3) is 3.53. The number of aromatic nitrogens is 3. The van der Waals surface area contributed by atoms with Gasteiger partial charge in [0.1, 0.15) is 0 Å². The molecule has 1 aromatic heterocycles. The largest absolute Gasteiger partial charge is 0.208 e. The van der Waals surface area contributed by atoms with Gasteiger partial charge in [0.25, 0.3) is 0 Å². The predicted octanol–water partition coefficient (Wildman–Crippen LogP) is 9.53. The SMILES string of the molecule is CC1C=C(c2nc(-c3ccccc3)nc(-c3ccc4c(c3)C3(c5ccccc5-c5ccccc53)c3ccccc3-4)n2)C=CC1. The number of nitrogens with zero attached hydrogens (tertiary/aromatic N) is 3. The third-order valence-electron chi connectivity index (χ3n) is 9.45. The molecular weight excluding hydrogens is 534 g/mol. The summed E-state index contributed by atoms with van der Waals surface area (Å²) in [5, 5.41) is 0. The van der Waals surface area contributed by atoms with Gasteiger partial charge in [-0.3, -0.25) is 0 Å². The first-order valence-electron chi connectivity index (χ1n) is 15.4. The van der Waals surface area contributed by atoms with Crippen molar-refractivity contribution < 1.29 is 0 Å². The second kappa shape index (κ2) is 9.55. The van der Waals surface area contributed by atoms with Crippen LogP contribution in [-0.4, -0.2) is 15.0 Å². The Morgan fingerprint density at radius 1 is 0.523 bits per heavy atom. The van der Waals surface area contributed by atoms with Gasteiger partial charge in [0.05, 0.1) is 5.41 Å². The molecule has 0 amide bonds. The van der Waals surface area contributed by atoms with Crippen LogP contribution in [0.15, 0.2) is 140 Å². The highest BCUT2D eigenvalue weighted by atomic mass is 15.0. The van der Waals surface area contributed by atoms with Crippen molar-refractivity contribution in [2.24, 2.45) is 5.92 Å². The van der Waals surface area contributed by atoms with Gasteiger partial charge < -0.3 is 0 Å². The maximum Gasteiger partial charge on any atom is 0.164 e. The molecule has 0 aliphatic heterocycles. The lowest BCUT2D eigenvalue weighted by molar-refractivity contribution is 0.738. The molecule has 44 heavy (non-hydrogen) atoms. The molecule has 208 valence electrons. The molecule has 6 aromatic rings. The van der Waals surface area contributed by atoms with E-state index in [9.17, 15) is 0 Å². The van der Waals surface area contributed by atoms with Crippen molar-refractivity contribution in [1.82, 2.24) is 15.0 Å². The van der Waals surface area contributed by atoms with Crippen molar-refractivity contribution in [3.63, 3.8) is 0 Å². The standard InChI is InChI=1S/C41H29N3/c1-26-12-11-15-28(24-26)39-42-38(27-13-3-2-4-14-27)43-40(44-39)29-22-23-33-32-18-7-10-21-36(32)41(37(33)25-29)34-19-8-5-16-30(34)31-17-6-9-20-35(31)41/h2-11,13-26H,12H2,1H3. The van der Waals surface area contributed by atoms with Crippen LogP contribution < -0.4 is 0 Å². The molecule has 0 saturated heterocycles. The van der Waals surface area contributed by atoms with Crippen molar-refractivity contribution in [3.8, 4) is 45.0 Å². The number of allylic oxidation sites excluding steroid dienone is 4. The molecule has 3 aliphatic carbocycles. The van der Waals surface area contributed by atoms with Crippen LogP contribution in [0.25, 0.3) is 50.6 Å². The second-order valence-corrected chi connectivity index (χ2v) is 12.1. The number of hydrogen-bond donors (Lipinski definition) is 0. The van der Waals surface area contributed by atoms with E-state index in [4.69, 9.17) is 15.0 Å². The van der Waals surface area contributed by atoms with Gasteiger partial charge in [0, 0.05) is 16.7 Å². The predicted molar refractivity (Wildman–Crippen MR) is 178 cm³/mol. The number of rotatable bonds is 3. The summed E-state index contributed by atoms with van der Waals surface area (Å²) in [5.74, 6) is 2.53. The van der Waals surface area contributed by atoms with Crippen LogP contribution in [0, 0.1) is 5.92 Å². The first-order chi connectivity index (χ1) is 21.7. The highest BCUT2D eigenvalue weighted by Crippen LogP contribution is 2.62. The Morgan fingerprint density at radius 3 is 1.66 bits per heavy atom. The van der Waals surface area contributed by atoms with E-state index < -0.39 is 5.41 Å². The van der Waals surface area contributed by atoms with Gasteiger partial charge in [0.2, 0.25) is 0 Å². The molecule has 5 aromatic carbocycles. The maximum absolute atomic E-state index is 5.12. The van der Waals surface area contributed by atoms with Crippen LogP contribution in [0.5, 0.6) is 0 Å². The fourth-order valence-corrected chi connectivity index (χ4v) is 7.57. The molecule has 1 atom stereocenters. The van der Waals surface area contributed by atoms with Gasteiger partial charge in [-0.2, -0.15) is 0 Å². The normalized spacial score (nSPS) is 16.7.